The van der Waals surface area contributed by atoms with Gasteiger partial charge in [0.1, 0.15) is 6.54 Å². The molecule has 0 N–H and O–H groups in total. The molecule has 0 fully saturated rings. The lowest BCUT2D eigenvalue weighted by molar-refractivity contribution is -0.136. The second-order valence-electron chi connectivity index (χ2n) is 4.61. The van der Waals surface area contributed by atoms with Crippen LogP contribution in [-0.2, 0) is 10.0 Å². The molecule has 6 nitrogen and oxygen atoms in total. The summed E-state index contributed by atoms with van der Waals surface area (Å²) in [6.45, 7) is 1.38. The van der Waals surface area contributed by atoms with Crippen LogP contribution in [0.4, 0.5) is 13.2 Å². The minimum atomic E-state index is -4.69. The van der Waals surface area contributed by atoms with Crippen LogP contribution in [0.5, 0.6) is 0 Å². The highest BCUT2D eigenvalue weighted by atomic mass is 32.2. The van der Waals surface area contributed by atoms with E-state index in [0.29, 0.717) is 0 Å². The molecule has 0 aromatic carbocycles. The van der Waals surface area contributed by atoms with Crippen LogP contribution in [-0.4, -0.2) is 41.5 Å². The second-order valence-corrected chi connectivity index (χ2v) is 6.50. The third-order valence-corrected chi connectivity index (χ3v) is 4.34. The summed E-state index contributed by atoms with van der Waals surface area (Å²) >= 11 is 0. The van der Waals surface area contributed by atoms with Gasteiger partial charge in [0, 0.05) is 25.2 Å². The van der Waals surface area contributed by atoms with Crippen LogP contribution in [0.2, 0.25) is 0 Å². The van der Waals surface area contributed by atoms with Crippen molar-refractivity contribution < 1.29 is 21.6 Å². The molecular formula is C11H15F3N4O2S. The molecule has 0 saturated heterocycles. The van der Waals surface area contributed by atoms with Crippen molar-refractivity contribution in [3.8, 4) is 6.07 Å². The first-order valence-corrected chi connectivity index (χ1v) is 7.49. The van der Waals surface area contributed by atoms with Gasteiger partial charge in [0.05, 0.1) is 12.4 Å². The SMILES string of the molecule is CC(C)n1cnc(S(=O)(=O)N(CCC#N)CC(F)(F)F)c1. The van der Waals surface area contributed by atoms with Gasteiger partial charge in [-0.15, -0.1) is 0 Å². The van der Waals surface area contributed by atoms with Crippen molar-refractivity contribution in [3.05, 3.63) is 12.5 Å². The Bertz CT molecular complexity index is 616. The van der Waals surface area contributed by atoms with E-state index in [1.165, 1.54) is 17.1 Å². The summed E-state index contributed by atoms with van der Waals surface area (Å²) in [5.41, 5.74) is 0. The van der Waals surface area contributed by atoms with Crippen LogP contribution in [0, 0.1) is 11.3 Å². The Morgan fingerprint density at radius 3 is 2.52 bits per heavy atom. The Morgan fingerprint density at radius 2 is 2.10 bits per heavy atom. The Kier molecular flexibility index (Phi) is 5.36. The molecule has 1 heterocycles. The maximum absolute atomic E-state index is 12.5. The highest BCUT2D eigenvalue weighted by Gasteiger charge is 2.37. The van der Waals surface area contributed by atoms with E-state index in [0.717, 1.165) is 0 Å². The van der Waals surface area contributed by atoms with Crippen LogP contribution in [0.3, 0.4) is 0 Å². The van der Waals surface area contributed by atoms with Gasteiger partial charge >= 0.3 is 6.18 Å². The van der Waals surface area contributed by atoms with Crippen molar-refractivity contribution >= 4 is 10.0 Å². The monoisotopic (exact) mass is 324 g/mol. The summed E-state index contributed by atoms with van der Waals surface area (Å²) in [4.78, 5) is 3.65. The predicted octanol–water partition coefficient (Wildman–Crippen LogP) is 1.93. The standard InChI is InChI=1S/C11H15F3N4O2S/c1-9(2)17-6-10(16-8-17)21(19,20)18(5-3-4-15)7-11(12,13)14/h6,8-9H,3,5,7H2,1-2H3. The number of rotatable bonds is 6. The first kappa shape index (κ1) is 17.5. The Balaban J connectivity index is 3.10. The summed E-state index contributed by atoms with van der Waals surface area (Å²) in [5.74, 6) is 0. The molecule has 118 valence electrons. The molecule has 21 heavy (non-hydrogen) atoms. The molecule has 0 aliphatic carbocycles. The molecule has 0 amide bonds. The van der Waals surface area contributed by atoms with E-state index < -0.39 is 34.3 Å². The lowest BCUT2D eigenvalue weighted by atomic mass is 10.4. The van der Waals surface area contributed by atoms with Crippen LogP contribution < -0.4 is 0 Å². The van der Waals surface area contributed by atoms with E-state index in [-0.39, 0.29) is 16.8 Å². The minimum absolute atomic E-state index is 0.0726. The normalized spacial score (nSPS) is 12.9. The van der Waals surface area contributed by atoms with Crippen LogP contribution in [0.1, 0.15) is 26.3 Å². The Morgan fingerprint density at radius 1 is 1.48 bits per heavy atom. The van der Waals surface area contributed by atoms with Gasteiger partial charge in [-0.05, 0) is 13.8 Å². The molecule has 0 unspecified atom stereocenters. The third-order valence-electron chi connectivity index (χ3n) is 2.61. The number of hydrogen-bond donors (Lipinski definition) is 0. The number of imidazole rings is 1. The number of nitrogens with zero attached hydrogens (tertiary/aromatic N) is 4. The molecule has 0 saturated carbocycles. The van der Waals surface area contributed by atoms with E-state index in [1.807, 2.05) is 0 Å². The lowest BCUT2D eigenvalue weighted by Gasteiger charge is -2.21. The van der Waals surface area contributed by atoms with Crippen molar-refractivity contribution in [2.24, 2.45) is 0 Å². The first-order valence-electron chi connectivity index (χ1n) is 6.05. The average molecular weight is 324 g/mol. The summed E-state index contributed by atoms with van der Waals surface area (Å²) in [6, 6.07) is 1.56. The zero-order chi connectivity index (χ0) is 16.3. The van der Waals surface area contributed by atoms with Crippen molar-refractivity contribution in [2.45, 2.75) is 37.5 Å². The number of halogens is 3. The summed E-state index contributed by atoms with van der Waals surface area (Å²) in [6.07, 6.45) is -2.60. The van der Waals surface area contributed by atoms with Crippen LogP contribution in [0.15, 0.2) is 17.6 Å². The molecular weight excluding hydrogens is 309 g/mol. The minimum Gasteiger partial charge on any atom is -0.334 e. The van der Waals surface area contributed by atoms with Gasteiger partial charge in [0.15, 0.2) is 5.03 Å². The first-order chi connectivity index (χ1) is 9.58. The fourth-order valence-corrected chi connectivity index (χ4v) is 2.87. The smallest absolute Gasteiger partial charge is 0.334 e. The number of nitriles is 1. The summed E-state index contributed by atoms with van der Waals surface area (Å²) in [5, 5.41) is 7.99. The van der Waals surface area contributed by atoms with E-state index in [4.69, 9.17) is 5.26 Å². The van der Waals surface area contributed by atoms with Crippen molar-refractivity contribution in [1.82, 2.24) is 13.9 Å². The van der Waals surface area contributed by atoms with Gasteiger partial charge in [-0.1, -0.05) is 0 Å². The van der Waals surface area contributed by atoms with Gasteiger partial charge in [0.2, 0.25) is 0 Å². The number of alkyl halides is 3. The van der Waals surface area contributed by atoms with Gasteiger partial charge in [-0.25, -0.2) is 13.4 Å². The summed E-state index contributed by atoms with van der Waals surface area (Å²) in [7, 11) is -4.39. The molecule has 0 aliphatic heterocycles. The molecule has 10 heteroatoms. The van der Waals surface area contributed by atoms with Gasteiger partial charge in [-0.2, -0.15) is 22.7 Å². The highest BCUT2D eigenvalue weighted by Crippen LogP contribution is 2.22. The van der Waals surface area contributed by atoms with Crippen molar-refractivity contribution in [2.75, 3.05) is 13.1 Å². The van der Waals surface area contributed by atoms with Gasteiger partial charge in [-0.3, -0.25) is 0 Å². The molecule has 0 spiro atoms. The zero-order valence-electron chi connectivity index (χ0n) is 11.5. The molecule has 1 aromatic heterocycles. The third kappa shape index (κ3) is 4.71. The predicted molar refractivity (Wildman–Crippen MR) is 67.7 cm³/mol. The van der Waals surface area contributed by atoms with Crippen molar-refractivity contribution in [1.29, 1.82) is 5.26 Å². The fourth-order valence-electron chi connectivity index (χ4n) is 1.52. The lowest BCUT2D eigenvalue weighted by Crippen LogP contribution is -2.39. The zero-order valence-corrected chi connectivity index (χ0v) is 12.3. The fraction of sp³-hybridized carbons (Fsp3) is 0.636. The largest absolute Gasteiger partial charge is 0.402 e. The highest BCUT2D eigenvalue weighted by molar-refractivity contribution is 7.89. The number of hydrogen-bond acceptors (Lipinski definition) is 4. The molecule has 0 aliphatic rings. The average Bonchev–Trinajstić information content (AvgIpc) is 2.83. The Labute approximate surface area is 120 Å². The van der Waals surface area contributed by atoms with Crippen LogP contribution >= 0.6 is 0 Å². The topological polar surface area (TPSA) is 79.0 Å². The Hall–Kier alpha value is -1.60. The molecule has 0 radical (unpaired) electrons. The molecule has 1 rings (SSSR count). The maximum atomic E-state index is 12.5. The maximum Gasteiger partial charge on any atom is 0.402 e. The number of aromatic nitrogens is 2. The van der Waals surface area contributed by atoms with Gasteiger partial charge < -0.3 is 4.57 Å². The summed E-state index contributed by atoms with van der Waals surface area (Å²) < 4.78 is 63.6. The van der Waals surface area contributed by atoms with Crippen molar-refractivity contribution in [3.63, 3.8) is 0 Å². The van der Waals surface area contributed by atoms with E-state index in [1.54, 1.807) is 19.9 Å². The molecule has 1 aromatic rings. The quantitative estimate of drug-likeness (QED) is 0.801. The van der Waals surface area contributed by atoms with E-state index >= 15 is 0 Å². The number of sulfonamides is 1. The van der Waals surface area contributed by atoms with Crippen LogP contribution in [0.25, 0.3) is 0 Å². The van der Waals surface area contributed by atoms with Gasteiger partial charge in [0.25, 0.3) is 10.0 Å². The van der Waals surface area contributed by atoms with E-state index in [2.05, 4.69) is 4.98 Å². The van der Waals surface area contributed by atoms with E-state index in [9.17, 15) is 21.6 Å². The molecule has 0 bridgehead atoms. The molecule has 0 atom stereocenters. The second kappa shape index (κ2) is 6.44.